The lowest BCUT2D eigenvalue weighted by Crippen LogP contribution is -2.65. The Morgan fingerprint density at radius 2 is 1.77 bits per heavy atom. The Bertz CT molecular complexity index is 1500. The van der Waals surface area contributed by atoms with E-state index >= 15 is 0 Å². The van der Waals surface area contributed by atoms with Gasteiger partial charge in [-0.25, -0.2) is 5.43 Å². The fourth-order valence-electron chi connectivity index (χ4n) is 7.61. The van der Waals surface area contributed by atoms with Crippen LogP contribution < -0.4 is 20.8 Å². The van der Waals surface area contributed by atoms with Gasteiger partial charge < -0.3 is 25.4 Å². The van der Waals surface area contributed by atoms with E-state index in [9.17, 15) is 19.5 Å². The molecule has 0 radical (unpaired) electrons. The third-order valence-electron chi connectivity index (χ3n) is 10.5. The van der Waals surface area contributed by atoms with Crippen molar-refractivity contribution in [2.45, 2.75) is 76.9 Å². The standard InChI is InChI=1S/C34H43N5O5/c1-5-33(2,3)32(43)36-17-6-16-35-30(41)20-7-9-21(10-8-20)31(42)38-37-24-13-12-23-25-19-22-11-14-26(40)28-27(22)34(23,29(24)44-28)15-18-39(25)4/h7-11,14,23,25,29,40H,5-6,12-13,15-19H2,1-4H3,(H,35,41)(H,36,43)(H,38,42)/b37-24+/t23-,25+,29-,34-/m0/s1. The largest absolute Gasteiger partial charge is 0.504 e. The summed E-state index contributed by atoms with van der Waals surface area (Å²) in [6.45, 7) is 7.67. The van der Waals surface area contributed by atoms with Crippen LogP contribution in [0.4, 0.5) is 0 Å². The maximum absolute atomic E-state index is 13.1. The summed E-state index contributed by atoms with van der Waals surface area (Å²) in [6, 6.07) is 10.7. The molecule has 1 spiro atoms. The van der Waals surface area contributed by atoms with Crippen LogP contribution >= 0.6 is 0 Å². The van der Waals surface area contributed by atoms with Gasteiger partial charge in [0.15, 0.2) is 11.5 Å². The molecule has 10 nitrogen and oxygen atoms in total. The zero-order valence-corrected chi connectivity index (χ0v) is 26.0. The molecule has 44 heavy (non-hydrogen) atoms. The number of hydrazone groups is 1. The van der Waals surface area contributed by atoms with Crippen LogP contribution in [0.2, 0.25) is 0 Å². The first kappa shape index (κ1) is 30.1. The molecule has 2 aromatic rings. The Morgan fingerprint density at radius 3 is 2.50 bits per heavy atom. The van der Waals surface area contributed by atoms with E-state index in [4.69, 9.17) is 4.74 Å². The zero-order valence-electron chi connectivity index (χ0n) is 26.0. The van der Waals surface area contributed by atoms with Crippen LogP contribution in [0.3, 0.4) is 0 Å². The number of phenolic OH excluding ortho intramolecular Hbond substituents is 1. The highest BCUT2D eigenvalue weighted by Crippen LogP contribution is 2.63. The van der Waals surface area contributed by atoms with Crippen LogP contribution in [0.1, 0.15) is 84.7 Å². The number of benzene rings is 2. The number of piperidine rings is 1. The van der Waals surface area contributed by atoms with Gasteiger partial charge in [-0.05, 0) is 93.9 Å². The van der Waals surface area contributed by atoms with Gasteiger partial charge in [-0.3, -0.25) is 14.4 Å². The number of carbonyl (C=O) groups excluding carboxylic acids is 3. The number of hydrogen-bond donors (Lipinski definition) is 4. The third-order valence-corrected chi connectivity index (χ3v) is 10.5. The van der Waals surface area contributed by atoms with Gasteiger partial charge in [0.05, 0.1) is 5.71 Å². The number of likely N-dealkylation sites (tertiary alicyclic amines) is 1. The number of nitrogens with one attached hydrogen (secondary N) is 3. The summed E-state index contributed by atoms with van der Waals surface area (Å²) in [6.07, 6.45) is 4.59. The van der Waals surface area contributed by atoms with Gasteiger partial charge in [-0.2, -0.15) is 5.10 Å². The highest BCUT2D eigenvalue weighted by atomic mass is 16.5. The second-order valence-electron chi connectivity index (χ2n) is 13.4. The maximum atomic E-state index is 13.1. The molecule has 3 amide bonds. The number of phenols is 1. The molecule has 1 saturated heterocycles. The van der Waals surface area contributed by atoms with Gasteiger partial charge in [0.1, 0.15) is 6.10 Å². The molecule has 2 aromatic carbocycles. The molecule has 4 aliphatic rings. The summed E-state index contributed by atoms with van der Waals surface area (Å²) in [5.74, 6) is 0.565. The first-order valence-corrected chi connectivity index (χ1v) is 15.8. The van der Waals surface area contributed by atoms with Crippen molar-refractivity contribution in [1.29, 1.82) is 0 Å². The van der Waals surface area contributed by atoms with Crippen LogP contribution in [-0.4, -0.2) is 72.3 Å². The minimum Gasteiger partial charge on any atom is -0.504 e. The molecule has 0 aromatic heterocycles. The fourth-order valence-corrected chi connectivity index (χ4v) is 7.61. The Labute approximate surface area is 258 Å². The van der Waals surface area contributed by atoms with Gasteiger partial charge in [0.25, 0.3) is 11.8 Å². The number of likely N-dealkylation sites (N-methyl/N-ethyl adjacent to an activating group) is 1. The Morgan fingerprint density at radius 1 is 1.07 bits per heavy atom. The van der Waals surface area contributed by atoms with Gasteiger partial charge in [-0.1, -0.05) is 26.8 Å². The smallest absolute Gasteiger partial charge is 0.271 e. The molecule has 2 heterocycles. The van der Waals surface area contributed by atoms with Crippen molar-refractivity contribution in [3.05, 3.63) is 58.7 Å². The van der Waals surface area contributed by atoms with Crippen LogP contribution in [0.5, 0.6) is 11.5 Å². The molecule has 6 rings (SSSR count). The Balaban J connectivity index is 1.07. The summed E-state index contributed by atoms with van der Waals surface area (Å²) in [5.41, 5.74) is 6.11. The molecule has 234 valence electrons. The predicted molar refractivity (Wildman–Crippen MR) is 167 cm³/mol. The van der Waals surface area contributed by atoms with Gasteiger partial charge in [0.2, 0.25) is 5.91 Å². The molecule has 4 N–H and O–H groups in total. The van der Waals surface area contributed by atoms with E-state index in [1.807, 2.05) is 26.8 Å². The van der Waals surface area contributed by atoms with Crippen molar-refractivity contribution in [3.8, 4) is 11.5 Å². The van der Waals surface area contributed by atoms with E-state index in [2.05, 4.69) is 33.1 Å². The minimum absolute atomic E-state index is 0.0106. The van der Waals surface area contributed by atoms with Crippen molar-refractivity contribution < 1.29 is 24.2 Å². The summed E-state index contributed by atoms with van der Waals surface area (Å²) in [7, 11) is 2.20. The lowest BCUT2D eigenvalue weighted by molar-refractivity contribution is -0.129. The van der Waals surface area contributed by atoms with Crippen molar-refractivity contribution in [1.82, 2.24) is 21.0 Å². The molecule has 2 bridgehead atoms. The SMILES string of the molecule is CCC(C)(C)C(=O)NCCCNC(=O)c1ccc(C(=O)N/N=C2\CC[C@H]3[C@H]4Cc5ccc(O)c6c5[C@@]3(CCN4C)[C@H]2O6)cc1. The van der Waals surface area contributed by atoms with Gasteiger partial charge >= 0.3 is 0 Å². The highest BCUT2D eigenvalue weighted by Gasteiger charge is 2.65. The van der Waals surface area contributed by atoms with E-state index < -0.39 is 5.41 Å². The normalized spacial score (nSPS) is 26.0. The number of rotatable bonds is 9. The predicted octanol–water partition coefficient (Wildman–Crippen LogP) is 3.52. The summed E-state index contributed by atoms with van der Waals surface area (Å²) >= 11 is 0. The number of ether oxygens (including phenoxy) is 1. The quantitative estimate of drug-likeness (QED) is 0.257. The molecule has 1 saturated carbocycles. The number of aromatic hydroxyl groups is 1. The van der Waals surface area contributed by atoms with Crippen molar-refractivity contribution in [3.63, 3.8) is 0 Å². The van der Waals surface area contributed by atoms with Crippen LogP contribution in [-0.2, 0) is 16.6 Å². The lowest BCUT2D eigenvalue weighted by Gasteiger charge is -2.57. The molecule has 2 aliphatic heterocycles. The molecule has 2 aliphatic carbocycles. The topological polar surface area (TPSA) is 132 Å². The average molecular weight is 602 g/mol. The van der Waals surface area contributed by atoms with Crippen molar-refractivity contribution >= 4 is 23.4 Å². The fraction of sp³-hybridized carbons (Fsp3) is 0.529. The molecule has 2 fully saturated rings. The van der Waals surface area contributed by atoms with E-state index in [0.717, 1.165) is 43.5 Å². The third kappa shape index (κ3) is 5.02. The van der Waals surface area contributed by atoms with Crippen molar-refractivity contribution in [2.24, 2.45) is 16.4 Å². The van der Waals surface area contributed by atoms with E-state index in [0.29, 0.717) is 54.8 Å². The van der Waals surface area contributed by atoms with Gasteiger partial charge in [0, 0.05) is 46.7 Å². The van der Waals surface area contributed by atoms with Gasteiger partial charge in [-0.15, -0.1) is 0 Å². The monoisotopic (exact) mass is 601 g/mol. The average Bonchev–Trinajstić information content (AvgIpc) is 3.38. The summed E-state index contributed by atoms with van der Waals surface area (Å²) in [4.78, 5) is 40.3. The molecule has 4 atom stereocenters. The van der Waals surface area contributed by atoms with Crippen LogP contribution in [0.25, 0.3) is 0 Å². The summed E-state index contributed by atoms with van der Waals surface area (Å²) < 4.78 is 6.50. The second-order valence-corrected chi connectivity index (χ2v) is 13.4. The van der Waals surface area contributed by atoms with E-state index in [1.165, 1.54) is 5.56 Å². The second kappa shape index (κ2) is 11.5. The molecular formula is C34H43N5O5. The molecular weight excluding hydrogens is 558 g/mol. The van der Waals surface area contributed by atoms with E-state index in [-0.39, 0.29) is 35.0 Å². The number of nitrogens with zero attached hydrogens (tertiary/aromatic N) is 2. The number of carbonyl (C=O) groups is 3. The van der Waals surface area contributed by atoms with E-state index in [1.54, 1.807) is 30.3 Å². The van der Waals surface area contributed by atoms with Crippen molar-refractivity contribution in [2.75, 3.05) is 26.7 Å². The first-order valence-electron chi connectivity index (χ1n) is 15.8. The zero-order chi connectivity index (χ0) is 31.2. The number of hydrogen-bond acceptors (Lipinski definition) is 7. The maximum Gasteiger partial charge on any atom is 0.271 e. The highest BCUT2D eigenvalue weighted by molar-refractivity contribution is 5.99. The first-order chi connectivity index (χ1) is 21.1. The van der Waals surface area contributed by atoms with Crippen LogP contribution in [0.15, 0.2) is 41.5 Å². The number of amides is 3. The Hall–Kier alpha value is -3.92. The molecule has 0 unspecified atom stereocenters. The summed E-state index contributed by atoms with van der Waals surface area (Å²) in [5, 5.41) is 21.1. The minimum atomic E-state index is -0.404. The Kier molecular flexibility index (Phi) is 7.90. The molecule has 10 heteroatoms. The van der Waals surface area contributed by atoms with Crippen LogP contribution in [0, 0.1) is 11.3 Å². The lowest BCUT2D eigenvalue weighted by atomic mass is 9.51.